The van der Waals surface area contributed by atoms with Crippen molar-refractivity contribution in [1.29, 1.82) is 0 Å². The number of piperazine rings is 1. The Balaban J connectivity index is 1.63. The molecule has 2 rings (SSSR count). The van der Waals surface area contributed by atoms with Gasteiger partial charge in [-0.25, -0.2) is 4.39 Å². The van der Waals surface area contributed by atoms with Crippen LogP contribution in [0.5, 0.6) is 0 Å². The lowest BCUT2D eigenvalue weighted by atomic mass is 10.2. The Bertz CT molecular complexity index is 428. The lowest BCUT2D eigenvalue weighted by Crippen LogP contribution is -2.47. The van der Waals surface area contributed by atoms with Crippen LogP contribution in [0.1, 0.15) is 12.0 Å². The lowest BCUT2D eigenvalue weighted by Gasteiger charge is -2.32. The van der Waals surface area contributed by atoms with E-state index in [2.05, 4.69) is 11.9 Å². The number of rotatable bonds is 5. The van der Waals surface area contributed by atoms with Crippen LogP contribution >= 0.6 is 0 Å². The van der Waals surface area contributed by atoms with E-state index in [9.17, 15) is 9.18 Å². The SMILES string of the molecule is CN1CCN(C(=O)CCOCc2ccc(F)cc2)CC1. The van der Waals surface area contributed by atoms with Crippen LogP contribution in [-0.4, -0.2) is 55.5 Å². The molecular weight excluding hydrogens is 259 g/mol. The molecule has 5 heteroatoms. The summed E-state index contributed by atoms with van der Waals surface area (Å²) in [6, 6.07) is 6.21. The number of ether oxygens (including phenoxy) is 1. The third-order valence-corrected chi connectivity index (χ3v) is 3.50. The van der Waals surface area contributed by atoms with Crippen LogP contribution in [0, 0.1) is 5.82 Å². The second-order valence-corrected chi connectivity index (χ2v) is 5.11. The van der Waals surface area contributed by atoms with E-state index in [0.29, 0.717) is 19.6 Å². The lowest BCUT2D eigenvalue weighted by molar-refractivity contribution is -0.134. The highest BCUT2D eigenvalue weighted by atomic mass is 19.1. The molecule has 1 aromatic rings. The van der Waals surface area contributed by atoms with Gasteiger partial charge in [-0.15, -0.1) is 0 Å². The van der Waals surface area contributed by atoms with Gasteiger partial charge in [-0.1, -0.05) is 12.1 Å². The van der Waals surface area contributed by atoms with Crippen LogP contribution in [0.4, 0.5) is 4.39 Å². The van der Waals surface area contributed by atoms with Crippen molar-refractivity contribution >= 4 is 5.91 Å². The molecule has 0 radical (unpaired) electrons. The molecule has 0 atom stereocenters. The molecule has 0 unspecified atom stereocenters. The fourth-order valence-electron chi connectivity index (χ4n) is 2.14. The Kier molecular flexibility index (Phi) is 5.49. The first-order valence-corrected chi connectivity index (χ1v) is 6.93. The first-order valence-electron chi connectivity index (χ1n) is 6.93. The van der Waals surface area contributed by atoms with E-state index in [4.69, 9.17) is 4.74 Å². The van der Waals surface area contributed by atoms with Crippen LogP contribution in [0.2, 0.25) is 0 Å². The number of nitrogens with zero attached hydrogens (tertiary/aromatic N) is 2. The highest BCUT2D eigenvalue weighted by Crippen LogP contribution is 2.06. The van der Waals surface area contributed by atoms with Gasteiger partial charge in [0.2, 0.25) is 5.91 Å². The maximum atomic E-state index is 12.7. The Morgan fingerprint density at radius 2 is 1.85 bits per heavy atom. The first kappa shape index (κ1) is 14.9. The fraction of sp³-hybridized carbons (Fsp3) is 0.533. The van der Waals surface area contributed by atoms with Crippen LogP contribution in [0.15, 0.2) is 24.3 Å². The Morgan fingerprint density at radius 1 is 1.20 bits per heavy atom. The summed E-state index contributed by atoms with van der Waals surface area (Å²) in [6.07, 6.45) is 0.408. The van der Waals surface area contributed by atoms with E-state index in [1.165, 1.54) is 12.1 Å². The summed E-state index contributed by atoms with van der Waals surface area (Å²) in [6.45, 7) is 4.28. The number of likely N-dealkylation sites (N-methyl/N-ethyl adjacent to an activating group) is 1. The van der Waals surface area contributed by atoms with Crippen LogP contribution in [0.3, 0.4) is 0 Å². The molecule has 0 spiro atoms. The van der Waals surface area contributed by atoms with Crippen molar-refractivity contribution in [2.24, 2.45) is 0 Å². The number of carbonyl (C=O) groups excluding carboxylic acids is 1. The van der Waals surface area contributed by atoms with Crippen molar-refractivity contribution in [1.82, 2.24) is 9.80 Å². The van der Waals surface area contributed by atoms with Gasteiger partial charge < -0.3 is 14.5 Å². The summed E-state index contributed by atoms with van der Waals surface area (Å²) in [5, 5.41) is 0. The van der Waals surface area contributed by atoms with Crippen molar-refractivity contribution in [3.05, 3.63) is 35.6 Å². The van der Waals surface area contributed by atoms with Crippen molar-refractivity contribution in [3.8, 4) is 0 Å². The Labute approximate surface area is 119 Å². The number of halogens is 1. The molecule has 0 N–H and O–H groups in total. The maximum absolute atomic E-state index is 12.7. The van der Waals surface area contributed by atoms with Gasteiger partial charge in [-0.2, -0.15) is 0 Å². The summed E-state index contributed by atoms with van der Waals surface area (Å²) < 4.78 is 18.2. The molecule has 1 aliphatic heterocycles. The molecule has 1 amide bonds. The highest BCUT2D eigenvalue weighted by molar-refractivity contribution is 5.76. The molecule has 110 valence electrons. The molecule has 1 aromatic carbocycles. The third-order valence-electron chi connectivity index (χ3n) is 3.50. The molecule has 0 aliphatic carbocycles. The molecule has 1 aliphatic rings. The van der Waals surface area contributed by atoms with E-state index in [0.717, 1.165) is 31.7 Å². The summed E-state index contributed by atoms with van der Waals surface area (Å²) in [4.78, 5) is 16.0. The third kappa shape index (κ3) is 4.58. The van der Waals surface area contributed by atoms with Crippen LogP contribution in [-0.2, 0) is 16.1 Å². The number of hydrogen-bond acceptors (Lipinski definition) is 3. The van der Waals surface area contributed by atoms with Gasteiger partial charge in [0.05, 0.1) is 19.6 Å². The minimum Gasteiger partial charge on any atom is -0.376 e. The average Bonchev–Trinajstić information content (AvgIpc) is 2.46. The Morgan fingerprint density at radius 3 is 2.50 bits per heavy atom. The standard InChI is InChI=1S/C15H21FN2O2/c1-17-7-9-18(10-8-17)15(19)6-11-20-12-13-2-4-14(16)5-3-13/h2-5H,6-12H2,1H3. The second-order valence-electron chi connectivity index (χ2n) is 5.11. The van der Waals surface area contributed by atoms with E-state index < -0.39 is 0 Å². The van der Waals surface area contributed by atoms with Crippen molar-refractivity contribution in [2.45, 2.75) is 13.0 Å². The number of carbonyl (C=O) groups is 1. The van der Waals surface area contributed by atoms with Gasteiger partial charge in [-0.05, 0) is 24.7 Å². The zero-order valence-electron chi connectivity index (χ0n) is 11.8. The fourth-order valence-corrected chi connectivity index (χ4v) is 2.14. The van der Waals surface area contributed by atoms with Gasteiger partial charge in [0.1, 0.15) is 5.82 Å². The zero-order chi connectivity index (χ0) is 14.4. The minimum atomic E-state index is -0.251. The molecule has 1 saturated heterocycles. The number of amides is 1. The van der Waals surface area contributed by atoms with Gasteiger partial charge in [0.15, 0.2) is 0 Å². The summed E-state index contributed by atoms with van der Waals surface area (Å²) >= 11 is 0. The predicted molar refractivity (Wildman–Crippen MR) is 74.8 cm³/mol. The molecular formula is C15H21FN2O2. The van der Waals surface area contributed by atoms with E-state index in [1.54, 1.807) is 12.1 Å². The number of benzene rings is 1. The highest BCUT2D eigenvalue weighted by Gasteiger charge is 2.18. The van der Waals surface area contributed by atoms with Gasteiger partial charge in [-0.3, -0.25) is 4.79 Å². The largest absolute Gasteiger partial charge is 0.376 e. The molecule has 1 fully saturated rings. The van der Waals surface area contributed by atoms with E-state index in [-0.39, 0.29) is 11.7 Å². The predicted octanol–water partition coefficient (Wildman–Crippen LogP) is 1.51. The molecule has 20 heavy (non-hydrogen) atoms. The number of hydrogen-bond donors (Lipinski definition) is 0. The maximum Gasteiger partial charge on any atom is 0.224 e. The summed E-state index contributed by atoms with van der Waals surface area (Å²) in [5.74, 6) is -0.101. The molecule has 0 saturated carbocycles. The van der Waals surface area contributed by atoms with Crippen molar-refractivity contribution in [3.63, 3.8) is 0 Å². The van der Waals surface area contributed by atoms with Crippen LogP contribution in [0.25, 0.3) is 0 Å². The van der Waals surface area contributed by atoms with Crippen molar-refractivity contribution in [2.75, 3.05) is 39.8 Å². The summed E-state index contributed by atoms with van der Waals surface area (Å²) in [5.41, 5.74) is 0.915. The Hall–Kier alpha value is -1.46. The first-order chi connectivity index (χ1) is 9.65. The van der Waals surface area contributed by atoms with Gasteiger partial charge in [0, 0.05) is 26.2 Å². The molecule has 0 aromatic heterocycles. The van der Waals surface area contributed by atoms with Crippen LogP contribution < -0.4 is 0 Å². The monoisotopic (exact) mass is 280 g/mol. The molecule has 0 bridgehead atoms. The van der Waals surface area contributed by atoms with E-state index in [1.807, 2.05) is 4.90 Å². The topological polar surface area (TPSA) is 32.8 Å². The van der Waals surface area contributed by atoms with Crippen molar-refractivity contribution < 1.29 is 13.9 Å². The summed E-state index contributed by atoms with van der Waals surface area (Å²) in [7, 11) is 2.06. The average molecular weight is 280 g/mol. The molecule has 1 heterocycles. The quantitative estimate of drug-likeness (QED) is 0.766. The normalized spacial score (nSPS) is 16.4. The second kappa shape index (κ2) is 7.36. The smallest absolute Gasteiger partial charge is 0.224 e. The molecule has 4 nitrogen and oxygen atoms in total. The zero-order valence-corrected chi connectivity index (χ0v) is 11.8. The van der Waals surface area contributed by atoms with E-state index >= 15 is 0 Å². The van der Waals surface area contributed by atoms with Gasteiger partial charge in [0.25, 0.3) is 0 Å². The van der Waals surface area contributed by atoms with Gasteiger partial charge >= 0.3 is 0 Å². The minimum absolute atomic E-state index is 0.150.